The molecular weight excluding hydrogens is 453 g/mol. The van der Waals surface area contributed by atoms with Crippen LogP contribution in [0.25, 0.3) is 5.69 Å². The first-order valence-corrected chi connectivity index (χ1v) is 9.87. The second kappa shape index (κ2) is 9.25. The molecule has 0 aliphatic carbocycles. The first-order valence-electron chi connectivity index (χ1n) is 9.87. The molecule has 9 nitrogen and oxygen atoms in total. The highest BCUT2D eigenvalue weighted by Crippen LogP contribution is 2.37. The number of aromatic nitrogens is 5. The van der Waals surface area contributed by atoms with Gasteiger partial charge in [-0.2, -0.15) is 23.1 Å². The molecule has 0 spiro atoms. The minimum atomic E-state index is -4.61. The maximum Gasteiger partial charge on any atom is 0.419 e. The normalized spacial score (nSPS) is 11.2. The van der Waals surface area contributed by atoms with Crippen molar-refractivity contribution >= 4 is 11.6 Å². The average molecular weight is 472 g/mol. The lowest BCUT2D eigenvalue weighted by Crippen LogP contribution is -2.08. The number of nitrogens with one attached hydrogen (secondary N) is 1. The van der Waals surface area contributed by atoms with Crippen LogP contribution in [-0.4, -0.2) is 38.7 Å². The van der Waals surface area contributed by atoms with E-state index in [0.29, 0.717) is 11.4 Å². The molecule has 0 fully saturated rings. The van der Waals surface area contributed by atoms with Crippen molar-refractivity contribution < 1.29 is 27.4 Å². The number of methoxy groups -OCH3 is 2. The standard InChI is InChI=1S/C22H19F3N6O3/c1-13-11-31(12-26-13)16-9-8-14(10-18(16)32-2)27-19-28-20(33-3)30-21(29-19)34-17-7-5-4-6-15(17)22(23,24)25/h4-12H,1-3H3,(H,27,28,29,30). The Morgan fingerprint density at radius 1 is 0.912 bits per heavy atom. The van der Waals surface area contributed by atoms with Gasteiger partial charge in [-0.15, -0.1) is 4.98 Å². The fraction of sp³-hybridized carbons (Fsp3) is 0.182. The molecule has 12 heteroatoms. The van der Waals surface area contributed by atoms with E-state index >= 15 is 0 Å². The van der Waals surface area contributed by atoms with Crippen molar-refractivity contribution in [3.05, 3.63) is 66.2 Å². The van der Waals surface area contributed by atoms with E-state index in [2.05, 4.69) is 25.3 Å². The van der Waals surface area contributed by atoms with Crippen LogP contribution >= 0.6 is 0 Å². The quantitative estimate of drug-likeness (QED) is 0.404. The molecule has 34 heavy (non-hydrogen) atoms. The summed E-state index contributed by atoms with van der Waals surface area (Å²) in [6.45, 7) is 1.87. The summed E-state index contributed by atoms with van der Waals surface area (Å²) in [6, 6.07) is 9.51. The zero-order valence-corrected chi connectivity index (χ0v) is 18.3. The van der Waals surface area contributed by atoms with Crippen molar-refractivity contribution in [1.82, 2.24) is 24.5 Å². The van der Waals surface area contributed by atoms with Gasteiger partial charge in [0.25, 0.3) is 0 Å². The van der Waals surface area contributed by atoms with Crippen molar-refractivity contribution in [2.45, 2.75) is 13.1 Å². The number of ether oxygens (including phenoxy) is 3. The molecule has 0 amide bonds. The van der Waals surface area contributed by atoms with Crippen molar-refractivity contribution in [2.75, 3.05) is 19.5 Å². The molecule has 0 bridgehead atoms. The Morgan fingerprint density at radius 3 is 2.35 bits per heavy atom. The molecule has 0 saturated carbocycles. The summed E-state index contributed by atoms with van der Waals surface area (Å²) in [5.74, 6) is 0.0921. The van der Waals surface area contributed by atoms with Crippen molar-refractivity contribution in [1.29, 1.82) is 0 Å². The van der Waals surface area contributed by atoms with Gasteiger partial charge in [-0.25, -0.2) is 4.98 Å². The number of alkyl halides is 3. The lowest BCUT2D eigenvalue weighted by Gasteiger charge is -2.14. The third-order valence-corrected chi connectivity index (χ3v) is 4.60. The van der Waals surface area contributed by atoms with Crippen LogP contribution in [0.2, 0.25) is 0 Å². The Kier molecular flexibility index (Phi) is 6.21. The first kappa shape index (κ1) is 22.8. The molecule has 2 aromatic heterocycles. The Labute approximate surface area is 192 Å². The molecular formula is C22H19F3N6O3. The van der Waals surface area contributed by atoms with Crippen molar-refractivity contribution in [2.24, 2.45) is 0 Å². The number of imidazole rings is 1. The van der Waals surface area contributed by atoms with Gasteiger partial charge in [-0.05, 0) is 31.2 Å². The predicted octanol–water partition coefficient (Wildman–Crippen LogP) is 4.94. The zero-order chi connectivity index (χ0) is 24.3. The molecule has 176 valence electrons. The fourth-order valence-corrected chi connectivity index (χ4v) is 3.07. The number of para-hydroxylation sites is 1. The van der Waals surface area contributed by atoms with Crippen LogP contribution in [0.15, 0.2) is 55.0 Å². The minimum absolute atomic E-state index is 0.000354. The third-order valence-electron chi connectivity index (χ3n) is 4.60. The predicted molar refractivity (Wildman–Crippen MR) is 116 cm³/mol. The fourth-order valence-electron chi connectivity index (χ4n) is 3.07. The number of hydrogen-bond acceptors (Lipinski definition) is 8. The van der Waals surface area contributed by atoms with E-state index in [9.17, 15) is 13.2 Å². The molecule has 0 unspecified atom stereocenters. The van der Waals surface area contributed by atoms with Gasteiger partial charge < -0.3 is 24.1 Å². The number of aryl methyl sites for hydroxylation is 1. The molecule has 0 radical (unpaired) electrons. The summed E-state index contributed by atoms with van der Waals surface area (Å²) in [4.78, 5) is 16.3. The number of halogens is 3. The highest BCUT2D eigenvalue weighted by molar-refractivity contribution is 5.62. The second-order valence-electron chi connectivity index (χ2n) is 6.96. The number of benzene rings is 2. The summed E-state index contributed by atoms with van der Waals surface area (Å²) in [6.07, 6.45) is -1.09. The molecule has 0 saturated heterocycles. The van der Waals surface area contributed by atoms with Crippen molar-refractivity contribution in [3.8, 4) is 29.2 Å². The van der Waals surface area contributed by atoms with E-state index in [1.807, 2.05) is 17.7 Å². The van der Waals surface area contributed by atoms with Gasteiger partial charge in [0.05, 0.1) is 37.5 Å². The highest BCUT2D eigenvalue weighted by Gasteiger charge is 2.34. The van der Waals surface area contributed by atoms with E-state index < -0.39 is 17.5 Å². The summed E-state index contributed by atoms with van der Waals surface area (Å²) in [7, 11) is 2.85. The smallest absolute Gasteiger partial charge is 0.419 e. The van der Waals surface area contributed by atoms with Crippen LogP contribution in [0.1, 0.15) is 11.3 Å². The summed E-state index contributed by atoms with van der Waals surface area (Å²) < 4.78 is 57.6. The Balaban J connectivity index is 1.63. The first-order chi connectivity index (χ1) is 16.3. The molecule has 4 rings (SSSR count). The number of anilines is 2. The lowest BCUT2D eigenvalue weighted by molar-refractivity contribution is -0.138. The average Bonchev–Trinajstić information content (AvgIpc) is 3.24. The molecule has 1 N–H and O–H groups in total. The van der Waals surface area contributed by atoms with Crippen LogP contribution in [0.4, 0.5) is 24.8 Å². The van der Waals surface area contributed by atoms with E-state index in [4.69, 9.17) is 14.2 Å². The Morgan fingerprint density at radius 2 is 1.68 bits per heavy atom. The Hall–Kier alpha value is -4.35. The van der Waals surface area contributed by atoms with Crippen LogP contribution in [-0.2, 0) is 6.18 Å². The minimum Gasteiger partial charge on any atom is -0.494 e. The molecule has 0 aliphatic heterocycles. The van der Waals surface area contributed by atoms with Gasteiger partial charge in [-0.3, -0.25) is 0 Å². The van der Waals surface area contributed by atoms with E-state index in [1.54, 1.807) is 24.5 Å². The third kappa shape index (κ3) is 5.00. The van der Waals surface area contributed by atoms with Gasteiger partial charge in [0.1, 0.15) is 11.5 Å². The monoisotopic (exact) mass is 472 g/mol. The van der Waals surface area contributed by atoms with Crippen molar-refractivity contribution in [3.63, 3.8) is 0 Å². The Bertz CT molecular complexity index is 1310. The number of hydrogen-bond donors (Lipinski definition) is 1. The maximum absolute atomic E-state index is 13.3. The second-order valence-corrected chi connectivity index (χ2v) is 6.96. The van der Waals surface area contributed by atoms with Gasteiger partial charge in [-0.1, -0.05) is 12.1 Å². The molecule has 4 aromatic rings. The summed E-state index contributed by atoms with van der Waals surface area (Å²) in [5, 5.41) is 2.96. The number of rotatable bonds is 7. The van der Waals surface area contributed by atoms with E-state index in [1.165, 1.54) is 32.4 Å². The van der Waals surface area contributed by atoms with E-state index in [0.717, 1.165) is 17.4 Å². The van der Waals surface area contributed by atoms with Crippen LogP contribution < -0.4 is 19.5 Å². The molecule has 2 aromatic carbocycles. The molecule has 0 atom stereocenters. The topological polar surface area (TPSA) is 96.2 Å². The summed E-state index contributed by atoms with van der Waals surface area (Å²) >= 11 is 0. The van der Waals surface area contributed by atoms with Gasteiger partial charge in [0.2, 0.25) is 5.95 Å². The largest absolute Gasteiger partial charge is 0.494 e. The van der Waals surface area contributed by atoms with Crippen LogP contribution in [0, 0.1) is 6.92 Å². The van der Waals surface area contributed by atoms with E-state index in [-0.39, 0.29) is 18.0 Å². The SMILES string of the molecule is COc1nc(Nc2ccc(-n3cnc(C)c3)c(OC)c2)nc(Oc2ccccc2C(F)(F)F)n1. The summed E-state index contributed by atoms with van der Waals surface area (Å²) in [5.41, 5.74) is 1.20. The zero-order valence-electron chi connectivity index (χ0n) is 18.3. The van der Waals surface area contributed by atoms with Crippen LogP contribution in [0.3, 0.4) is 0 Å². The maximum atomic E-state index is 13.3. The van der Waals surface area contributed by atoms with Gasteiger partial charge in [0.15, 0.2) is 0 Å². The highest BCUT2D eigenvalue weighted by atomic mass is 19.4. The van der Waals surface area contributed by atoms with Gasteiger partial charge >= 0.3 is 18.2 Å². The van der Waals surface area contributed by atoms with Crippen LogP contribution in [0.5, 0.6) is 23.5 Å². The molecule has 2 heterocycles. The lowest BCUT2D eigenvalue weighted by atomic mass is 10.2. The van der Waals surface area contributed by atoms with Gasteiger partial charge in [0, 0.05) is 18.0 Å². The molecule has 0 aliphatic rings. The number of nitrogens with zero attached hydrogens (tertiary/aromatic N) is 5.